The van der Waals surface area contributed by atoms with Crippen molar-refractivity contribution in [3.05, 3.63) is 127 Å². The van der Waals surface area contributed by atoms with Crippen molar-refractivity contribution in [3.63, 3.8) is 0 Å². The number of hydrogen-bond donors (Lipinski definition) is 0. The molecule has 2 aromatic heterocycles. The van der Waals surface area contributed by atoms with Crippen LogP contribution in [0.25, 0.3) is 54.6 Å². The molecule has 6 aromatic carbocycles. The van der Waals surface area contributed by atoms with Gasteiger partial charge in [0.05, 0.1) is 5.69 Å². The third-order valence-corrected chi connectivity index (χ3v) is 7.23. The van der Waals surface area contributed by atoms with Crippen LogP contribution >= 0.6 is 0 Å². The summed E-state index contributed by atoms with van der Waals surface area (Å²) in [7, 11) is 0. The van der Waals surface area contributed by atoms with Gasteiger partial charge in [-0.1, -0.05) is 66.7 Å². The topological polar surface area (TPSA) is 29.5 Å². The Kier molecular flexibility index (Phi) is 4.23. The zero-order chi connectivity index (χ0) is 24.3. The van der Waals surface area contributed by atoms with E-state index in [1.165, 1.54) is 5.39 Å². The molecule has 8 rings (SSSR count). The van der Waals surface area contributed by atoms with E-state index in [0.29, 0.717) is 0 Å². The van der Waals surface area contributed by atoms with Gasteiger partial charge in [-0.3, -0.25) is 0 Å². The van der Waals surface area contributed by atoms with Gasteiger partial charge >= 0.3 is 0 Å². The Bertz CT molecular complexity index is 2100. The van der Waals surface area contributed by atoms with Crippen LogP contribution in [-0.2, 0) is 0 Å². The van der Waals surface area contributed by atoms with Crippen LogP contribution in [0.4, 0.5) is 17.1 Å². The van der Waals surface area contributed by atoms with Crippen molar-refractivity contribution in [2.75, 3.05) is 4.90 Å². The van der Waals surface area contributed by atoms with E-state index in [0.717, 1.165) is 66.3 Å². The number of fused-ring (bicyclic) bond motifs is 7. The number of rotatable bonds is 3. The summed E-state index contributed by atoms with van der Waals surface area (Å²) in [4.78, 5) is 2.33. The fourth-order valence-electron chi connectivity index (χ4n) is 5.53. The molecule has 0 aliphatic rings. The second kappa shape index (κ2) is 7.74. The molecular formula is C34H21NO2. The average Bonchev–Trinajstić information content (AvgIpc) is 3.50. The van der Waals surface area contributed by atoms with Gasteiger partial charge in [0, 0.05) is 38.3 Å². The molecular weight excluding hydrogens is 454 g/mol. The number of para-hydroxylation sites is 3. The lowest BCUT2D eigenvalue weighted by atomic mass is 10.0. The van der Waals surface area contributed by atoms with E-state index in [-0.39, 0.29) is 0 Å². The molecule has 0 N–H and O–H groups in total. The van der Waals surface area contributed by atoms with Crippen molar-refractivity contribution >= 4 is 71.7 Å². The summed E-state index contributed by atoms with van der Waals surface area (Å²) in [6, 6.07) is 44.3. The van der Waals surface area contributed by atoms with Crippen LogP contribution < -0.4 is 4.90 Å². The second-order valence-corrected chi connectivity index (χ2v) is 9.39. The third-order valence-electron chi connectivity index (χ3n) is 7.23. The van der Waals surface area contributed by atoms with Gasteiger partial charge in [0.15, 0.2) is 0 Å². The molecule has 0 bridgehead atoms. The first-order valence-electron chi connectivity index (χ1n) is 12.4. The molecule has 3 heteroatoms. The van der Waals surface area contributed by atoms with Crippen LogP contribution in [0.1, 0.15) is 0 Å². The lowest BCUT2D eigenvalue weighted by Gasteiger charge is -2.27. The molecule has 37 heavy (non-hydrogen) atoms. The molecule has 0 aliphatic carbocycles. The molecule has 0 amide bonds. The zero-order valence-electron chi connectivity index (χ0n) is 19.9. The minimum Gasteiger partial charge on any atom is -0.456 e. The third kappa shape index (κ3) is 3.08. The van der Waals surface area contributed by atoms with Gasteiger partial charge in [-0.25, -0.2) is 0 Å². The van der Waals surface area contributed by atoms with Gasteiger partial charge < -0.3 is 13.7 Å². The monoisotopic (exact) mass is 475 g/mol. The Morgan fingerprint density at radius 3 is 1.81 bits per heavy atom. The summed E-state index contributed by atoms with van der Waals surface area (Å²) in [5.41, 5.74) is 6.90. The Labute approximate surface area is 212 Å². The van der Waals surface area contributed by atoms with Gasteiger partial charge in [-0.2, -0.15) is 0 Å². The Balaban J connectivity index is 1.43. The molecule has 2 heterocycles. The first kappa shape index (κ1) is 20.2. The van der Waals surface area contributed by atoms with Crippen molar-refractivity contribution in [1.82, 2.24) is 0 Å². The Morgan fingerprint density at radius 1 is 0.378 bits per heavy atom. The fourth-order valence-corrected chi connectivity index (χ4v) is 5.53. The molecule has 3 nitrogen and oxygen atoms in total. The highest BCUT2D eigenvalue weighted by Gasteiger charge is 2.18. The molecule has 0 atom stereocenters. The minimum atomic E-state index is 0.891. The molecule has 0 aliphatic heterocycles. The molecule has 0 unspecified atom stereocenters. The maximum atomic E-state index is 6.19. The van der Waals surface area contributed by atoms with E-state index >= 15 is 0 Å². The van der Waals surface area contributed by atoms with Crippen molar-refractivity contribution in [2.45, 2.75) is 0 Å². The van der Waals surface area contributed by atoms with Crippen molar-refractivity contribution in [3.8, 4) is 0 Å². The first-order valence-corrected chi connectivity index (χ1v) is 12.4. The molecule has 0 saturated heterocycles. The summed E-state index contributed by atoms with van der Waals surface area (Å²) >= 11 is 0. The van der Waals surface area contributed by atoms with E-state index < -0.39 is 0 Å². The molecule has 0 saturated carbocycles. The second-order valence-electron chi connectivity index (χ2n) is 9.39. The van der Waals surface area contributed by atoms with Gasteiger partial charge in [0.25, 0.3) is 0 Å². The van der Waals surface area contributed by atoms with Crippen LogP contribution in [0.3, 0.4) is 0 Å². The number of nitrogens with zero attached hydrogens (tertiary/aromatic N) is 1. The van der Waals surface area contributed by atoms with Crippen LogP contribution in [0.2, 0.25) is 0 Å². The molecule has 0 fully saturated rings. The Hall–Kier alpha value is -5.02. The van der Waals surface area contributed by atoms with Crippen LogP contribution in [0.5, 0.6) is 0 Å². The van der Waals surface area contributed by atoms with Crippen LogP contribution in [-0.4, -0.2) is 0 Å². The van der Waals surface area contributed by atoms with E-state index in [2.05, 4.69) is 108 Å². The number of benzene rings is 6. The van der Waals surface area contributed by atoms with Crippen molar-refractivity contribution in [1.29, 1.82) is 0 Å². The fraction of sp³-hybridized carbons (Fsp3) is 0. The van der Waals surface area contributed by atoms with Gasteiger partial charge in [0.2, 0.25) is 0 Å². The average molecular weight is 476 g/mol. The Morgan fingerprint density at radius 2 is 1.03 bits per heavy atom. The lowest BCUT2D eigenvalue weighted by molar-refractivity contribution is 0.668. The number of hydrogen-bond acceptors (Lipinski definition) is 3. The quantitative estimate of drug-likeness (QED) is 0.255. The summed E-state index contributed by atoms with van der Waals surface area (Å²) < 4.78 is 12.3. The zero-order valence-corrected chi connectivity index (χ0v) is 19.9. The van der Waals surface area contributed by atoms with Crippen LogP contribution in [0, 0.1) is 0 Å². The highest BCUT2D eigenvalue weighted by atomic mass is 16.3. The van der Waals surface area contributed by atoms with E-state index in [1.54, 1.807) is 0 Å². The summed E-state index contributed by atoms with van der Waals surface area (Å²) in [5.74, 6) is 0. The largest absolute Gasteiger partial charge is 0.456 e. The lowest BCUT2D eigenvalue weighted by Crippen LogP contribution is -2.10. The SMILES string of the molecule is c1ccc(N(c2ccc3oc4ccccc4c3c2)c2cccc3cc4oc5ccccc5c4cc23)cc1. The normalized spacial score (nSPS) is 11.8. The predicted molar refractivity (Wildman–Crippen MR) is 153 cm³/mol. The van der Waals surface area contributed by atoms with E-state index in [9.17, 15) is 0 Å². The first-order chi connectivity index (χ1) is 18.3. The van der Waals surface area contributed by atoms with Crippen molar-refractivity contribution in [2.24, 2.45) is 0 Å². The summed E-state index contributed by atoms with van der Waals surface area (Å²) in [6.45, 7) is 0. The highest BCUT2D eigenvalue weighted by Crippen LogP contribution is 2.43. The summed E-state index contributed by atoms with van der Waals surface area (Å²) in [6.07, 6.45) is 0. The highest BCUT2D eigenvalue weighted by molar-refractivity contribution is 6.13. The molecule has 8 aromatic rings. The predicted octanol–water partition coefficient (Wildman–Crippen LogP) is 10.1. The van der Waals surface area contributed by atoms with Crippen molar-refractivity contribution < 1.29 is 8.83 Å². The van der Waals surface area contributed by atoms with Gasteiger partial charge in [-0.15, -0.1) is 0 Å². The molecule has 0 radical (unpaired) electrons. The standard InChI is InChI=1S/C34H21NO2/c1-2-10-23(11-3-1)35(24-17-18-33-28(20-24)25-12-4-6-15-31(25)36-33)30-14-8-9-22-19-34-29(21-27(22)30)26-13-5-7-16-32(26)37-34/h1-21H. The maximum absolute atomic E-state index is 6.19. The van der Waals surface area contributed by atoms with Gasteiger partial charge in [0.1, 0.15) is 22.3 Å². The number of furan rings is 2. The summed E-state index contributed by atoms with van der Waals surface area (Å²) in [5, 5.41) is 6.79. The van der Waals surface area contributed by atoms with E-state index in [1.807, 2.05) is 24.3 Å². The smallest absolute Gasteiger partial charge is 0.136 e. The maximum Gasteiger partial charge on any atom is 0.136 e. The minimum absolute atomic E-state index is 0.891. The number of anilines is 3. The molecule has 174 valence electrons. The van der Waals surface area contributed by atoms with Crippen LogP contribution in [0.15, 0.2) is 136 Å². The van der Waals surface area contributed by atoms with Gasteiger partial charge in [-0.05, 0) is 66.0 Å². The van der Waals surface area contributed by atoms with E-state index in [4.69, 9.17) is 8.83 Å². The molecule has 0 spiro atoms.